The molecule has 0 saturated heterocycles. The third-order valence-corrected chi connectivity index (χ3v) is 5.62. The Kier molecular flexibility index (Phi) is 5.42. The molecule has 0 spiro atoms. The Bertz CT molecular complexity index is 1180. The molecule has 0 atom stereocenters. The average molecular weight is 428 g/mol. The number of ether oxygens (including phenoxy) is 1. The van der Waals surface area contributed by atoms with Crippen molar-refractivity contribution in [3.8, 4) is 5.75 Å². The first-order valence-corrected chi connectivity index (χ1v) is 9.86. The second-order valence-corrected chi connectivity index (χ2v) is 7.58. The molecule has 0 aliphatic rings. The van der Waals surface area contributed by atoms with E-state index >= 15 is 0 Å². The minimum atomic E-state index is -0.505. The highest BCUT2D eigenvalue weighted by Crippen LogP contribution is 2.33. The van der Waals surface area contributed by atoms with Gasteiger partial charge in [0.05, 0.1) is 40.2 Å². The van der Waals surface area contributed by atoms with Gasteiger partial charge in [-0.25, -0.2) is 9.37 Å². The van der Waals surface area contributed by atoms with Gasteiger partial charge in [0.1, 0.15) is 11.6 Å². The van der Waals surface area contributed by atoms with E-state index in [4.69, 9.17) is 16.3 Å². The SMILES string of the molecule is COc1ccc2nc(N(Cc3ccccn3)C(=O)c3ccc(F)cc3Cl)sc2c1. The van der Waals surface area contributed by atoms with Crippen molar-refractivity contribution in [2.24, 2.45) is 0 Å². The maximum atomic E-state index is 13.5. The number of pyridine rings is 1. The molecule has 0 aliphatic heterocycles. The van der Waals surface area contributed by atoms with Crippen LogP contribution in [0.4, 0.5) is 9.52 Å². The van der Waals surface area contributed by atoms with Gasteiger partial charge in [-0.1, -0.05) is 29.0 Å². The summed E-state index contributed by atoms with van der Waals surface area (Å²) in [5, 5.41) is 0.535. The van der Waals surface area contributed by atoms with E-state index in [2.05, 4.69) is 9.97 Å². The molecule has 0 aliphatic carbocycles. The largest absolute Gasteiger partial charge is 0.497 e. The van der Waals surface area contributed by atoms with Gasteiger partial charge in [0.15, 0.2) is 5.13 Å². The highest BCUT2D eigenvalue weighted by molar-refractivity contribution is 7.22. The normalized spacial score (nSPS) is 10.9. The summed E-state index contributed by atoms with van der Waals surface area (Å²) in [6, 6.07) is 14.7. The van der Waals surface area contributed by atoms with E-state index in [-0.39, 0.29) is 23.0 Å². The van der Waals surface area contributed by atoms with E-state index < -0.39 is 5.82 Å². The lowest BCUT2D eigenvalue weighted by Crippen LogP contribution is -2.31. The summed E-state index contributed by atoms with van der Waals surface area (Å²) in [5.41, 5.74) is 1.63. The first kappa shape index (κ1) is 19.3. The molecule has 0 bridgehead atoms. The van der Waals surface area contributed by atoms with Gasteiger partial charge in [-0.05, 0) is 48.5 Å². The van der Waals surface area contributed by atoms with Gasteiger partial charge in [-0.2, -0.15) is 0 Å². The summed E-state index contributed by atoms with van der Waals surface area (Å²) < 4.78 is 19.6. The van der Waals surface area contributed by atoms with Gasteiger partial charge >= 0.3 is 0 Å². The lowest BCUT2D eigenvalue weighted by atomic mass is 10.2. The summed E-state index contributed by atoms with van der Waals surface area (Å²) in [7, 11) is 1.59. The van der Waals surface area contributed by atoms with Gasteiger partial charge in [0.25, 0.3) is 5.91 Å². The number of fused-ring (bicyclic) bond motifs is 1. The van der Waals surface area contributed by atoms with Gasteiger partial charge in [-0.15, -0.1) is 0 Å². The first-order chi connectivity index (χ1) is 14.0. The van der Waals surface area contributed by atoms with Crippen LogP contribution in [0.2, 0.25) is 5.02 Å². The number of rotatable bonds is 5. The van der Waals surface area contributed by atoms with Crippen LogP contribution in [0.1, 0.15) is 16.1 Å². The van der Waals surface area contributed by atoms with Crippen molar-refractivity contribution in [1.29, 1.82) is 0 Å². The molecule has 0 saturated carbocycles. The van der Waals surface area contributed by atoms with Crippen LogP contribution >= 0.6 is 22.9 Å². The Morgan fingerprint density at radius 2 is 2.07 bits per heavy atom. The number of methoxy groups -OCH3 is 1. The smallest absolute Gasteiger partial charge is 0.261 e. The maximum absolute atomic E-state index is 13.5. The van der Waals surface area contributed by atoms with Crippen LogP contribution in [-0.4, -0.2) is 23.0 Å². The van der Waals surface area contributed by atoms with Gasteiger partial charge < -0.3 is 4.74 Å². The topological polar surface area (TPSA) is 55.3 Å². The van der Waals surface area contributed by atoms with E-state index in [0.717, 1.165) is 16.3 Å². The van der Waals surface area contributed by atoms with Crippen molar-refractivity contribution in [3.05, 3.63) is 82.9 Å². The molecule has 2 aromatic carbocycles. The van der Waals surface area contributed by atoms with Crippen molar-refractivity contribution in [2.45, 2.75) is 6.54 Å². The Morgan fingerprint density at radius 1 is 1.21 bits per heavy atom. The molecule has 0 N–H and O–H groups in total. The predicted molar refractivity (Wildman–Crippen MR) is 112 cm³/mol. The Labute approximate surface area is 175 Å². The standard InChI is InChI=1S/C21H15ClFN3O2S/c1-28-15-6-8-18-19(11-15)29-21(25-18)26(12-14-4-2-3-9-24-14)20(27)16-7-5-13(23)10-17(16)22/h2-11H,12H2,1H3. The first-order valence-electron chi connectivity index (χ1n) is 8.66. The summed E-state index contributed by atoms with van der Waals surface area (Å²) >= 11 is 7.50. The fraction of sp³-hybridized carbons (Fsp3) is 0.0952. The number of hydrogen-bond donors (Lipinski definition) is 0. The van der Waals surface area contributed by atoms with E-state index in [9.17, 15) is 9.18 Å². The molecule has 0 fully saturated rings. The lowest BCUT2D eigenvalue weighted by molar-refractivity contribution is 0.0985. The number of halogens is 2. The monoisotopic (exact) mass is 427 g/mol. The summed E-state index contributed by atoms with van der Waals surface area (Å²) in [5.74, 6) is -0.182. The quantitative estimate of drug-likeness (QED) is 0.431. The summed E-state index contributed by atoms with van der Waals surface area (Å²) in [6.45, 7) is 0.199. The molecule has 0 radical (unpaired) electrons. The lowest BCUT2D eigenvalue weighted by Gasteiger charge is -2.20. The van der Waals surface area contributed by atoms with Crippen LogP contribution in [0, 0.1) is 5.82 Å². The molecular formula is C21H15ClFN3O2S. The fourth-order valence-electron chi connectivity index (χ4n) is 2.82. The molecule has 1 amide bonds. The van der Waals surface area contributed by atoms with E-state index in [1.165, 1.54) is 28.4 Å². The fourth-order valence-corrected chi connectivity index (χ4v) is 4.06. The summed E-state index contributed by atoms with van der Waals surface area (Å²) in [6.07, 6.45) is 1.66. The van der Waals surface area contributed by atoms with Crippen LogP contribution in [0.25, 0.3) is 10.2 Å². The van der Waals surface area contributed by atoms with Gasteiger partial charge in [0, 0.05) is 6.20 Å². The molecule has 4 rings (SSSR count). The van der Waals surface area contributed by atoms with Crippen molar-refractivity contribution in [1.82, 2.24) is 9.97 Å². The number of benzene rings is 2. The Morgan fingerprint density at radius 3 is 2.79 bits per heavy atom. The van der Waals surface area contributed by atoms with Crippen LogP contribution in [0.15, 0.2) is 60.8 Å². The molecule has 4 aromatic rings. The number of anilines is 1. The molecule has 146 valence electrons. The molecular weight excluding hydrogens is 413 g/mol. The zero-order chi connectivity index (χ0) is 20.4. The minimum Gasteiger partial charge on any atom is -0.497 e. The predicted octanol–water partition coefficient (Wildman–Crippen LogP) is 5.34. The molecule has 0 unspecified atom stereocenters. The van der Waals surface area contributed by atoms with Gasteiger partial charge in [0.2, 0.25) is 0 Å². The average Bonchev–Trinajstić information content (AvgIpc) is 3.15. The molecule has 8 heteroatoms. The molecule has 29 heavy (non-hydrogen) atoms. The number of amides is 1. The van der Waals surface area contributed by atoms with Crippen molar-refractivity contribution >= 4 is 44.2 Å². The van der Waals surface area contributed by atoms with Gasteiger partial charge in [-0.3, -0.25) is 14.7 Å². The van der Waals surface area contributed by atoms with Crippen LogP contribution < -0.4 is 9.64 Å². The molecule has 2 heterocycles. The number of carbonyl (C=O) groups is 1. The zero-order valence-electron chi connectivity index (χ0n) is 15.3. The minimum absolute atomic E-state index is 0.0452. The van der Waals surface area contributed by atoms with E-state index in [1.807, 2.05) is 30.3 Å². The van der Waals surface area contributed by atoms with E-state index in [0.29, 0.717) is 16.6 Å². The number of nitrogens with zero attached hydrogens (tertiary/aromatic N) is 3. The van der Waals surface area contributed by atoms with Crippen LogP contribution in [0.3, 0.4) is 0 Å². The second-order valence-electron chi connectivity index (χ2n) is 6.17. The highest BCUT2D eigenvalue weighted by Gasteiger charge is 2.24. The zero-order valence-corrected chi connectivity index (χ0v) is 16.9. The third kappa shape index (κ3) is 4.06. The van der Waals surface area contributed by atoms with Crippen LogP contribution in [-0.2, 0) is 6.54 Å². The van der Waals surface area contributed by atoms with Crippen molar-refractivity contribution < 1.29 is 13.9 Å². The van der Waals surface area contributed by atoms with Crippen LogP contribution in [0.5, 0.6) is 5.75 Å². The highest BCUT2D eigenvalue weighted by atomic mass is 35.5. The summed E-state index contributed by atoms with van der Waals surface area (Å²) in [4.78, 5) is 23.7. The van der Waals surface area contributed by atoms with Crippen molar-refractivity contribution in [3.63, 3.8) is 0 Å². The number of aromatic nitrogens is 2. The van der Waals surface area contributed by atoms with E-state index in [1.54, 1.807) is 19.4 Å². The maximum Gasteiger partial charge on any atom is 0.261 e. The molecule has 2 aromatic heterocycles. The van der Waals surface area contributed by atoms with Crippen molar-refractivity contribution in [2.75, 3.05) is 12.0 Å². The Balaban J connectivity index is 1.78. The third-order valence-electron chi connectivity index (χ3n) is 4.27. The molecule has 5 nitrogen and oxygen atoms in total. The number of thiazole rings is 1. The second kappa shape index (κ2) is 8.14. The number of carbonyl (C=O) groups excluding carboxylic acids is 1. The Hall–Kier alpha value is -3.03. The number of hydrogen-bond acceptors (Lipinski definition) is 5.